The molecular formula is C5H4ClF3N2OS. The van der Waals surface area contributed by atoms with Crippen LogP contribution in [0.3, 0.4) is 0 Å². The fraction of sp³-hybridized carbons (Fsp3) is 0.400. The highest BCUT2D eigenvalue weighted by Crippen LogP contribution is 2.35. The van der Waals surface area contributed by atoms with Crippen molar-refractivity contribution in [1.29, 1.82) is 0 Å². The first-order valence-corrected chi connectivity index (χ1v) is 4.92. The molecule has 0 spiro atoms. The second kappa shape index (κ2) is 3.30. The van der Waals surface area contributed by atoms with Gasteiger partial charge < -0.3 is 0 Å². The van der Waals surface area contributed by atoms with Crippen molar-refractivity contribution in [3.8, 4) is 0 Å². The first-order chi connectivity index (χ1) is 5.84. The lowest BCUT2D eigenvalue weighted by Gasteiger charge is -2.01. The molecule has 0 saturated heterocycles. The molecule has 0 radical (unpaired) electrons. The number of nitrogens with zero attached hydrogens (tertiary/aromatic N) is 1. The third-order valence-electron chi connectivity index (χ3n) is 1.23. The number of halogens is 4. The zero-order valence-corrected chi connectivity index (χ0v) is 7.85. The number of hydrogen-bond acceptors (Lipinski definition) is 2. The average Bonchev–Trinajstić information content (AvgIpc) is 2.28. The minimum atomic E-state index is -4.60. The molecule has 0 aliphatic rings. The fourth-order valence-electron chi connectivity index (χ4n) is 0.690. The SMILES string of the molecule is CS(=O)c1n[nH]c(C(F)(F)F)c1Cl. The van der Waals surface area contributed by atoms with E-state index in [4.69, 9.17) is 11.6 Å². The molecule has 74 valence electrons. The Kier molecular flexibility index (Phi) is 2.67. The molecule has 1 rings (SSSR count). The Bertz CT molecular complexity index is 348. The molecule has 8 heteroatoms. The third-order valence-corrected chi connectivity index (χ3v) is 2.55. The smallest absolute Gasteiger partial charge is 0.271 e. The van der Waals surface area contributed by atoms with Gasteiger partial charge in [-0.25, -0.2) is 0 Å². The fourth-order valence-corrected chi connectivity index (χ4v) is 1.74. The molecule has 1 atom stereocenters. The van der Waals surface area contributed by atoms with Crippen LogP contribution in [0, 0.1) is 0 Å². The van der Waals surface area contributed by atoms with Crippen molar-refractivity contribution in [3.63, 3.8) is 0 Å². The molecule has 0 amide bonds. The number of nitrogens with one attached hydrogen (secondary N) is 1. The first kappa shape index (κ1) is 10.5. The van der Waals surface area contributed by atoms with E-state index in [0.717, 1.165) is 0 Å². The maximum atomic E-state index is 12.1. The van der Waals surface area contributed by atoms with Gasteiger partial charge in [-0.05, 0) is 0 Å². The van der Waals surface area contributed by atoms with Crippen LogP contribution in [0.4, 0.5) is 13.2 Å². The number of rotatable bonds is 1. The average molecular weight is 233 g/mol. The Balaban J connectivity index is 3.22. The summed E-state index contributed by atoms with van der Waals surface area (Å²) in [4.78, 5) is 0. The van der Waals surface area contributed by atoms with Crippen LogP contribution in [0.1, 0.15) is 5.69 Å². The van der Waals surface area contributed by atoms with Crippen LogP contribution in [0.5, 0.6) is 0 Å². The van der Waals surface area contributed by atoms with Gasteiger partial charge in [0.25, 0.3) is 0 Å². The van der Waals surface area contributed by atoms with Gasteiger partial charge in [-0.15, -0.1) is 0 Å². The van der Waals surface area contributed by atoms with Crippen molar-refractivity contribution < 1.29 is 17.4 Å². The van der Waals surface area contributed by atoms with E-state index in [1.165, 1.54) is 6.26 Å². The van der Waals surface area contributed by atoms with Gasteiger partial charge >= 0.3 is 6.18 Å². The zero-order chi connectivity index (χ0) is 10.2. The zero-order valence-electron chi connectivity index (χ0n) is 6.28. The largest absolute Gasteiger partial charge is 0.434 e. The van der Waals surface area contributed by atoms with Crippen LogP contribution in [0.2, 0.25) is 5.02 Å². The predicted octanol–water partition coefficient (Wildman–Crippen LogP) is 1.82. The van der Waals surface area contributed by atoms with E-state index in [1.54, 1.807) is 5.10 Å². The lowest BCUT2D eigenvalue weighted by atomic mass is 10.4. The van der Waals surface area contributed by atoms with Crippen LogP contribution in [0.15, 0.2) is 5.03 Å². The van der Waals surface area contributed by atoms with Crippen molar-refractivity contribution in [2.45, 2.75) is 11.2 Å². The standard InChI is InChI=1S/C5H4ClF3N2OS/c1-13(12)4-2(6)3(10-11-4)5(7,8)9/h1H3,(H,10,11). The van der Waals surface area contributed by atoms with E-state index in [9.17, 15) is 17.4 Å². The molecule has 1 heterocycles. The number of hydrogen-bond donors (Lipinski definition) is 1. The van der Waals surface area contributed by atoms with E-state index in [-0.39, 0.29) is 5.03 Å². The molecule has 0 fully saturated rings. The topological polar surface area (TPSA) is 45.8 Å². The first-order valence-electron chi connectivity index (χ1n) is 2.98. The van der Waals surface area contributed by atoms with Crippen molar-refractivity contribution in [3.05, 3.63) is 10.7 Å². The third kappa shape index (κ3) is 2.02. The lowest BCUT2D eigenvalue weighted by Crippen LogP contribution is -2.06. The highest BCUT2D eigenvalue weighted by Gasteiger charge is 2.37. The molecule has 0 aliphatic carbocycles. The highest BCUT2D eigenvalue weighted by atomic mass is 35.5. The van der Waals surface area contributed by atoms with E-state index in [1.807, 2.05) is 0 Å². The number of aromatic nitrogens is 2. The summed E-state index contributed by atoms with van der Waals surface area (Å²) < 4.78 is 47.0. The summed E-state index contributed by atoms with van der Waals surface area (Å²) >= 11 is 5.30. The summed E-state index contributed by atoms with van der Waals surface area (Å²) in [5, 5.41) is 3.99. The van der Waals surface area contributed by atoms with Crippen molar-refractivity contribution >= 4 is 22.4 Å². The van der Waals surface area contributed by atoms with Gasteiger partial charge in [0.1, 0.15) is 5.02 Å². The van der Waals surface area contributed by atoms with Gasteiger partial charge in [0, 0.05) is 6.26 Å². The molecule has 1 aromatic rings. The Morgan fingerprint density at radius 1 is 1.54 bits per heavy atom. The van der Waals surface area contributed by atoms with Gasteiger partial charge in [0.05, 0.1) is 10.8 Å². The molecule has 0 bridgehead atoms. The van der Waals surface area contributed by atoms with Gasteiger partial charge in [-0.2, -0.15) is 18.3 Å². The number of H-pyrrole nitrogens is 1. The molecule has 0 saturated carbocycles. The van der Waals surface area contributed by atoms with Crippen LogP contribution in [0.25, 0.3) is 0 Å². The molecule has 0 aliphatic heterocycles. The second-order valence-electron chi connectivity index (χ2n) is 2.17. The monoisotopic (exact) mass is 232 g/mol. The second-order valence-corrected chi connectivity index (χ2v) is 3.84. The summed E-state index contributed by atoms with van der Waals surface area (Å²) in [7, 11) is -1.63. The molecule has 1 aromatic heterocycles. The maximum absolute atomic E-state index is 12.1. The van der Waals surface area contributed by atoms with Crippen LogP contribution in [-0.2, 0) is 17.0 Å². The number of alkyl halides is 3. The lowest BCUT2D eigenvalue weighted by molar-refractivity contribution is -0.141. The summed E-state index contributed by atoms with van der Waals surface area (Å²) in [5.74, 6) is 0. The molecule has 3 nitrogen and oxygen atoms in total. The van der Waals surface area contributed by atoms with E-state index >= 15 is 0 Å². The van der Waals surface area contributed by atoms with Gasteiger partial charge in [0.15, 0.2) is 10.7 Å². The van der Waals surface area contributed by atoms with Crippen molar-refractivity contribution in [2.24, 2.45) is 0 Å². The van der Waals surface area contributed by atoms with Gasteiger partial charge in [0.2, 0.25) is 0 Å². The van der Waals surface area contributed by atoms with E-state index in [2.05, 4.69) is 5.10 Å². The molecule has 1 N–H and O–H groups in total. The summed E-state index contributed by atoms with van der Waals surface area (Å²) in [6, 6.07) is 0. The van der Waals surface area contributed by atoms with Crippen molar-refractivity contribution in [1.82, 2.24) is 10.2 Å². The molecule has 1 unspecified atom stereocenters. The Morgan fingerprint density at radius 3 is 2.31 bits per heavy atom. The van der Waals surface area contributed by atoms with Gasteiger partial charge in [-0.3, -0.25) is 9.31 Å². The minimum Gasteiger partial charge on any atom is -0.271 e. The quantitative estimate of drug-likeness (QED) is 0.803. The Hall–Kier alpha value is -0.560. The maximum Gasteiger partial charge on any atom is 0.434 e. The Labute approximate surface area is 78.7 Å². The minimum absolute atomic E-state index is 0.283. The van der Waals surface area contributed by atoms with Crippen LogP contribution >= 0.6 is 11.6 Å². The van der Waals surface area contributed by atoms with Crippen LogP contribution in [-0.4, -0.2) is 20.7 Å². The normalized spacial score (nSPS) is 14.5. The molecular weight excluding hydrogens is 229 g/mol. The molecule has 13 heavy (non-hydrogen) atoms. The van der Waals surface area contributed by atoms with E-state index < -0.39 is 27.7 Å². The number of aromatic amines is 1. The predicted molar refractivity (Wildman–Crippen MR) is 40.9 cm³/mol. The summed E-state index contributed by atoms with van der Waals surface area (Å²) in [6.07, 6.45) is -3.40. The van der Waals surface area contributed by atoms with E-state index in [0.29, 0.717) is 0 Å². The van der Waals surface area contributed by atoms with Gasteiger partial charge in [-0.1, -0.05) is 11.6 Å². The highest BCUT2D eigenvalue weighted by molar-refractivity contribution is 7.84. The summed E-state index contributed by atoms with van der Waals surface area (Å²) in [6.45, 7) is 0. The molecule has 0 aromatic carbocycles. The van der Waals surface area contributed by atoms with Crippen molar-refractivity contribution in [2.75, 3.05) is 6.26 Å². The Morgan fingerprint density at radius 2 is 2.08 bits per heavy atom. The summed E-state index contributed by atoms with van der Waals surface area (Å²) in [5.41, 5.74) is -1.17. The van der Waals surface area contributed by atoms with Crippen LogP contribution < -0.4 is 0 Å².